The number of rotatable bonds is 4. The minimum atomic E-state index is -0.942. The molecule has 12 heavy (non-hydrogen) atoms. The van der Waals surface area contributed by atoms with E-state index in [0.29, 0.717) is 0 Å². The summed E-state index contributed by atoms with van der Waals surface area (Å²) in [5.41, 5.74) is 0. The lowest BCUT2D eigenvalue weighted by molar-refractivity contribution is -0.180. The average molecular weight is 215 g/mol. The van der Waals surface area contributed by atoms with Crippen LogP contribution in [0.25, 0.3) is 0 Å². The second-order valence-corrected chi connectivity index (χ2v) is 2.35. The zero-order chi connectivity index (χ0) is 9.56. The standard InChI is InChI=1S/C6H8Cl2O4/c1-4(11-5(9)2-7)12-6(10)3-8/h4H,2-3H2,1H3. The normalized spacial score (nSPS) is 9.67. The van der Waals surface area contributed by atoms with Gasteiger partial charge in [0.05, 0.1) is 0 Å². The summed E-state index contributed by atoms with van der Waals surface area (Å²) in [4.78, 5) is 21.0. The van der Waals surface area contributed by atoms with Crippen molar-refractivity contribution < 1.29 is 19.1 Å². The highest BCUT2D eigenvalue weighted by Gasteiger charge is 2.11. The molecule has 0 saturated heterocycles. The van der Waals surface area contributed by atoms with Crippen LogP contribution in [0.2, 0.25) is 0 Å². The fraction of sp³-hybridized carbons (Fsp3) is 0.667. The van der Waals surface area contributed by atoms with Crippen molar-refractivity contribution in [2.75, 3.05) is 11.8 Å². The second-order valence-electron chi connectivity index (χ2n) is 1.81. The van der Waals surface area contributed by atoms with E-state index in [1.54, 1.807) is 0 Å². The zero-order valence-electron chi connectivity index (χ0n) is 6.38. The molecule has 70 valence electrons. The van der Waals surface area contributed by atoms with Gasteiger partial charge in [0.1, 0.15) is 11.8 Å². The van der Waals surface area contributed by atoms with E-state index in [0.717, 1.165) is 0 Å². The fourth-order valence-electron chi connectivity index (χ4n) is 0.457. The molecule has 0 aromatic heterocycles. The Morgan fingerprint density at radius 2 is 1.50 bits per heavy atom. The Morgan fingerprint density at radius 3 is 1.75 bits per heavy atom. The van der Waals surface area contributed by atoms with Gasteiger partial charge in [-0.05, 0) is 0 Å². The summed E-state index contributed by atoms with van der Waals surface area (Å²) >= 11 is 10.3. The maximum atomic E-state index is 10.5. The Bertz CT molecular complexity index is 153. The van der Waals surface area contributed by atoms with Gasteiger partial charge in [-0.1, -0.05) is 0 Å². The molecule has 0 amide bonds. The Labute approximate surface area is 79.7 Å². The largest absolute Gasteiger partial charge is 0.425 e. The van der Waals surface area contributed by atoms with Gasteiger partial charge in [0.25, 0.3) is 0 Å². The van der Waals surface area contributed by atoms with E-state index in [2.05, 4.69) is 9.47 Å². The maximum Gasteiger partial charge on any atom is 0.323 e. The van der Waals surface area contributed by atoms with Crippen molar-refractivity contribution >= 4 is 35.1 Å². The molecule has 0 fully saturated rings. The molecule has 0 atom stereocenters. The molecule has 0 bridgehead atoms. The molecule has 0 spiro atoms. The van der Waals surface area contributed by atoms with Crippen LogP contribution in [0.4, 0.5) is 0 Å². The molecule has 0 aromatic carbocycles. The minimum Gasteiger partial charge on any atom is -0.425 e. The van der Waals surface area contributed by atoms with Crippen molar-refractivity contribution in [3.63, 3.8) is 0 Å². The molecule has 4 nitrogen and oxygen atoms in total. The molecule has 0 aliphatic carbocycles. The molecule has 0 rings (SSSR count). The summed E-state index contributed by atoms with van der Waals surface area (Å²) in [5.74, 6) is -1.84. The van der Waals surface area contributed by atoms with E-state index in [9.17, 15) is 9.59 Å². The molecule has 6 heteroatoms. The average Bonchev–Trinajstić information content (AvgIpc) is 2.03. The van der Waals surface area contributed by atoms with Crippen molar-refractivity contribution in [1.82, 2.24) is 0 Å². The Hall–Kier alpha value is -0.480. The Morgan fingerprint density at radius 1 is 1.17 bits per heavy atom. The van der Waals surface area contributed by atoms with E-state index in [4.69, 9.17) is 23.2 Å². The highest BCUT2D eigenvalue weighted by molar-refractivity contribution is 6.26. The van der Waals surface area contributed by atoms with Crippen molar-refractivity contribution in [2.45, 2.75) is 13.2 Å². The third-order valence-corrected chi connectivity index (χ3v) is 1.25. The van der Waals surface area contributed by atoms with Crippen LogP contribution in [0.1, 0.15) is 6.92 Å². The molecule has 0 aliphatic rings. The first kappa shape index (κ1) is 11.5. The van der Waals surface area contributed by atoms with Crippen LogP contribution < -0.4 is 0 Å². The Kier molecular flexibility index (Phi) is 5.84. The minimum absolute atomic E-state index is 0.275. The molecule has 0 aliphatic heterocycles. The fourth-order valence-corrected chi connectivity index (χ4v) is 0.583. The van der Waals surface area contributed by atoms with Gasteiger partial charge in [-0.25, -0.2) is 0 Å². The predicted molar refractivity (Wildman–Crippen MR) is 43.1 cm³/mol. The molecular formula is C6H8Cl2O4. The highest BCUT2D eigenvalue weighted by Crippen LogP contribution is 1.97. The van der Waals surface area contributed by atoms with Gasteiger partial charge in [-0.3, -0.25) is 9.59 Å². The van der Waals surface area contributed by atoms with Crippen LogP contribution in [-0.4, -0.2) is 30.0 Å². The smallest absolute Gasteiger partial charge is 0.323 e. The third-order valence-electron chi connectivity index (χ3n) is 0.813. The molecule has 0 heterocycles. The summed E-state index contributed by atoms with van der Waals surface area (Å²) in [6, 6.07) is 0. The number of carbonyl (C=O) groups excluding carboxylic acids is 2. The molecule has 0 saturated carbocycles. The van der Waals surface area contributed by atoms with Crippen molar-refractivity contribution in [3.05, 3.63) is 0 Å². The second kappa shape index (κ2) is 6.08. The zero-order valence-corrected chi connectivity index (χ0v) is 7.89. The number of halogens is 2. The lowest BCUT2D eigenvalue weighted by Gasteiger charge is -2.11. The highest BCUT2D eigenvalue weighted by atomic mass is 35.5. The molecule has 0 N–H and O–H groups in total. The lowest BCUT2D eigenvalue weighted by Crippen LogP contribution is -2.22. The quantitative estimate of drug-likeness (QED) is 0.397. The summed E-state index contributed by atoms with van der Waals surface area (Å²) in [6.45, 7) is 1.40. The number of carbonyl (C=O) groups is 2. The SMILES string of the molecule is CC(OC(=O)CCl)OC(=O)CCl. The molecular weight excluding hydrogens is 207 g/mol. The van der Waals surface area contributed by atoms with Gasteiger partial charge >= 0.3 is 11.9 Å². The van der Waals surface area contributed by atoms with Crippen molar-refractivity contribution in [1.29, 1.82) is 0 Å². The Balaban J connectivity index is 3.66. The summed E-state index contributed by atoms with van der Waals surface area (Å²) in [7, 11) is 0. The van der Waals surface area contributed by atoms with Crippen LogP contribution in [0, 0.1) is 0 Å². The van der Waals surface area contributed by atoms with Crippen LogP contribution in [0.5, 0.6) is 0 Å². The first-order valence-electron chi connectivity index (χ1n) is 3.11. The first-order chi connectivity index (χ1) is 5.60. The number of esters is 2. The van der Waals surface area contributed by atoms with Crippen molar-refractivity contribution in [2.24, 2.45) is 0 Å². The number of alkyl halides is 2. The predicted octanol–water partition coefficient (Wildman–Crippen LogP) is 0.896. The molecule has 0 unspecified atom stereocenters. The van der Waals surface area contributed by atoms with Gasteiger partial charge in [-0.2, -0.15) is 0 Å². The molecule has 0 radical (unpaired) electrons. The lowest BCUT2D eigenvalue weighted by atomic mass is 10.7. The van der Waals surface area contributed by atoms with Gasteiger partial charge < -0.3 is 9.47 Å². The summed E-state index contributed by atoms with van der Waals surface area (Å²) in [5, 5.41) is 0. The van der Waals surface area contributed by atoms with E-state index < -0.39 is 18.2 Å². The summed E-state index contributed by atoms with van der Waals surface area (Å²) in [6.07, 6.45) is -0.942. The monoisotopic (exact) mass is 214 g/mol. The maximum absolute atomic E-state index is 10.5. The van der Waals surface area contributed by atoms with Crippen LogP contribution >= 0.6 is 23.2 Å². The van der Waals surface area contributed by atoms with Gasteiger partial charge in [0.2, 0.25) is 6.29 Å². The number of ether oxygens (including phenoxy) is 2. The van der Waals surface area contributed by atoms with E-state index in [1.165, 1.54) is 6.92 Å². The van der Waals surface area contributed by atoms with Crippen molar-refractivity contribution in [3.8, 4) is 0 Å². The van der Waals surface area contributed by atoms with Crippen LogP contribution in [-0.2, 0) is 19.1 Å². The molecule has 0 aromatic rings. The first-order valence-corrected chi connectivity index (χ1v) is 4.18. The topological polar surface area (TPSA) is 52.6 Å². The van der Waals surface area contributed by atoms with Gasteiger partial charge in [0.15, 0.2) is 0 Å². The van der Waals surface area contributed by atoms with E-state index in [1.807, 2.05) is 0 Å². The number of hydrogen-bond acceptors (Lipinski definition) is 4. The van der Waals surface area contributed by atoms with Gasteiger partial charge in [0, 0.05) is 6.92 Å². The summed E-state index contributed by atoms with van der Waals surface area (Å²) < 4.78 is 9.00. The van der Waals surface area contributed by atoms with E-state index >= 15 is 0 Å². The third kappa shape index (κ3) is 5.21. The van der Waals surface area contributed by atoms with Gasteiger partial charge in [-0.15, -0.1) is 23.2 Å². The van der Waals surface area contributed by atoms with Crippen LogP contribution in [0.15, 0.2) is 0 Å². The van der Waals surface area contributed by atoms with Crippen LogP contribution in [0.3, 0.4) is 0 Å². The number of hydrogen-bond donors (Lipinski definition) is 0. The van der Waals surface area contributed by atoms with E-state index in [-0.39, 0.29) is 11.8 Å².